The summed E-state index contributed by atoms with van der Waals surface area (Å²) in [5.41, 5.74) is 0.254. The summed E-state index contributed by atoms with van der Waals surface area (Å²) < 4.78 is 28.0. The molecule has 0 radical (unpaired) electrons. The number of aliphatic hydroxyl groups is 1. The van der Waals surface area contributed by atoms with Crippen LogP contribution in [-0.4, -0.2) is 11.7 Å². The van der Waals surface area contributed by atoms with Gasteiger partial charge in [-0.3, -0.25) is 0 Å². The molecular formula is C14H11ClF2INO. The van der Waals surface area contributed by atoms with E-state index in [1.54, 1.807) is 12.1 Å². The van der Waals surface area contributed by atoms with Crippen molar-refractivity contribution < 1.29 is 13.9 Å². The molecule has 0 saturated carbocycles. The largest absolute Gasteiger partial charge is 0.386 e. The predicted molar refractivity (Wildman–Crippen MR) is 84.0 cm³/mol. The van der Waals surface area contributed by atoms with Crippen molar-refractivity contribution in [2.24, 2.45) is 0 Å². The highest BCUT2D eigenvalue weighted by Crippen LogP contribution is 2.26. The first-order chi connectivity index (χ1) is 9.49. The number of benzene rings is 2. The van der Waals surface area contributed by atoms with E-state index in [9.17, 15) is 13.9 Å². The number of hydrogen-bond acceptors (Lipinski definition) is 2. The minimum absolute atomic E-state index is 0.0435. The normalized spacial score (nSPS) is 12.2. The molecule has 2 aromatic rings. The SMILES string of the molecule is OC(CNc1ccc(I)cc1Cl)c1c(F)cccc1F. The average molecular weight is 410 g/mol. The smallest absolute Gasteiger partial charge is 0.132 e. The topological polar surface area (TPSA) is 32.3 Å². The van der Waals surface area contributed by atoms with Gasteiger partial charge in [-0.2, -0.15) is 0 Å². The Hall–Kier alpha value is -0.920. The molecule has 0 heterocycles. The summed E-state index contributed by atoms with van der Waals surface area (Å²) in [6.07, 6.45) is -1.30. The third-order valence-electron chi connectivity index (χ3n) is 2.75. The highest BCUT2D eigenvalue weighted by molar-refractivity contribution is 14.1. The van der Waals surface area contributed by atoms with Crippen LogP contribution in [0.4, 0.5) is 14.5 Å². The minimum atomic E-state index is -1.30. The molecule has 0 aliphatic heterocycles. The van der Waals surface area contributed by atoms with E-state index in [4.69, 9.17) is 11.6 Å². The van der Waals surface area contributed by atoms with Gasteiger partial charge in [-0.15, -0.1) is 0 Å². The second kappa shape index (κ2) is 6.69. The van der Waals surface area contributed by atoms with E-state index in [1.165, 1.54) is 6.07 Å². The second-order valence-electron chi connectivity index (χ2n) is 4.16. The van der Waals surface area contributed by atoms with Crippen LogP contribution in [0, 0.1) is 15.2 Å². The molecule has 1 atom stereocenters. The molecule has 2 rings (SSSR count). The van der Waals surface area contributed by atoms with Crippen LogP contribution in [0.1, 0.15) is 11.7 Å². The lowest BCUT2D eigenvalue weighted by atomic mass is 10.1. The van der Waals surface area contributed by atoms with Gasteiger partial charge < -0.3 is 10.4 Å². The molecule has 2 nitrogen and oxygen atoms in total. The number of nitrogens with one attached hydrogen (secondary N) is 1. The number of rotatable bonds is 4. The zero-order valence-corrected chi connectivity index (χ0v) is 13.1. The van der Waals surface area contributed by atoms with E-state index >= 15 is 0 Å². The van der Waals surface area contributed by atoms with E-state index < -0.39 is 17.7 Å². The second-order valence-corrected chi connectivity index (χ2v) is 5.81. The van der Waals surface area contributed by atoms with Gasteiger partial charge in [-0.05, 0) is 52.9 Å². The summed E-state index contributed by atoms with van der Waals surface area (Å²) in [7, 11) is 0. The number of aliphatic hydroxyl groups excluding tert-OH is 1. The summed E-state index contributed by atoms with van der Waals surface area (Å²) >= 11 is 8.15. The number of anilines is 1. The fraction of sp³-hybridized carbons (Fsp3) is 0.143. The molecule has 106 valence electrons. The molecule has 0 amide bonds. The quantitative estimate of drug-likeness (QED) is 0.735. The van der Waals surface area contributed by atoms with Gasteiger partial charge in [0.1, 0.15) is 17.7 Å². The van der Waals surface area contributed by atoms with E-state index in [2.05, 4.69) is 27.9 Å². The maximum Gasteiger partial charge on any atom is 0.132 e. The van der Waals surface area contributed by atoms with Crippen molar-refractivity contribution in [2.45, 2.75) is 6.10 Å². The Morgan fingerprint density at radius 2 is 1.85 bits per heavy atom. The third kappa shape index (κ3) is 3.59. The lowest BCUT2D eigenvalue weighted by molar-refractivity contribution is 0.181. The first-order valence-electron chi connectivity index (χ1n) is 5.80. The van der Waals surface area contributed by atoms with Crippen LogP contribution >= 0.6 is 34.2 Å². The maximum absolute atomic E-state index is 13.5. The molecule has 20 heavy (non-hydrogen) atoms. The molecule has 0 aliphatic rings. The number of halogens is 4. The van der Waals surface area contributed by atoms with E-state index in [1.807, 2.05) is 6.07 Å². The summed E-state index contributed by atoms with van der Waals surface area (Å²) in [5, 5.41) is 13.3. The van der Waals surface area contributed by atoms with Gasteiger partial charge in [0.25, 0.3) is 0 Å². The average Bonchev–Trinajstić information content (AvgIpc) is 2.37. The van der Waals surface area contributed by atoms with Crippen molar-refractivity contribution >= 4 is 39.9 Å². The van der Waals surface area contributed by atoms with Crippen LogP contribution in [0.15, 0.2) is 36.4 Å². The van der Waals surface area contributed by atoms with Crippen molar-refractivity contribution in [1.29, 1.82) is 0 Å². The minimum Gasteiger partial charge on any atom is -0.386 e. The predicted octanol–water partition coefficient (Wildman–Crippen LogP) is 4.37. The van der Waals surface area contributed by atoms with Crippen LogP contribution in [0.3, 0.4) is 0 Å². The monoisotopic (exact) mass is 409 g/mol. The van der Waals surface area contributed by atoms with Gasteiger partial charge in [0.2, 0.25) is 0 Å². The van der Waals surface area contributed by atoms with Gasteiger partial charge in [-0.25, -0.2) is 8.78 Å². The van der Waals surface area contributed by atoms with Gasteiger partial charge in [-0.1, -0.05) is 17.7 Å². The van der Waals surface area contributed by atoms with Crippen LogP contribution in [0.25, 0.3) is 0 Å². The molecule has 0 aromatic heterocycles. The van der Waals surface area contributed by atoms with Crippen molar-refractivity contribution in [3.8, 4) is 0 Å². The molecule has 0 spiro atoms. The van der Waals surface area contributed by atoms with E-state index in [-0.39, 0.29) is 12.1 Å². The van der Waals surface area contributed by atoms with Gasteiger partial charge in [0.15, 0.2) is 0 Å². The standard InChI is InChI=1S/C14H11ClF2INO/c15-9-6-8(18)4-5-12(9)19-7-13(20)14-10(16)2-1-3-11(14)17/h1-6,13,19-20H,7H2. The molecule has 0 bridgehead atoms. The molecule has 6 heteroatoms. The molecule has 0 fully saturated rings. The van der Waals surface area contributed by atoms with Crippen molar-refractivity contribution in [3.05, 3.63) is 62.2 Å². The van der Waals surface area contributed by atoms with Crippen molar-refractivity contribution in [1.82, 2.24) is 0 Å². The zero-order valence-electron chi connectivity index (χ0n) is 10.2. The summed E-state index contributed by atoms with van der Waals surface area (Å²) in [6, 6.07) is 8.81. The molecule has 0 aliphatic carbocycles. The van der Waals surface area contributed by atoms with Crippen LogP contribution in [-0.2, 0) is 0 Å². The Kier molecular flexibility index (Phi) is 5.17. The molecule has 2 N–H and O–H groups in total. The Bertz CT molecular complexity index is 604. The Morgan fingerprint density at radius 1 is 1.20 bits per heavy atom. The van der Waals surface area contributed by atoms with Crippen LogP contribution < -0.4 is 5.32 Å². The number of hydrogen-bond donors (Lipinski definition) is 2. The highest BCUT2D eigenvalue weighted by atomic mass is 127. The van der Waals surface area contributed by atoms with Gasteiger partial charge in [0.05, 0.1) is 16.3 Å². The Labute approximate surface area is 133 Å². The van der Waals surface area contributed by atoms with Gasteiger partial charge in [0, 0.05) is 10.1 Å². The summed E-state index contributed by atoms with van der Waals surface area (Å²) in [4.78, 5) is 0. The molecule has 0 saturated heterocycles. The highest BCUT2D eigenvalue weighted by Gasteiger charge is 2.17. The Balaban J connectivity index is 2.11. The van der Waals surface area contributed by atoms with Crippen LogP contribution in [0.5, 0.6) is 0 Å². The zero-order chi connectivity index (χ0) is 14.7. The first kappa shape index (κ1) is 15.5. The summed E-state index contributed by atoms with van der Waals surface area (Å²) in [6.45, 7) is -0.0435. The maximum atomic E-state index is 13.5. The van der Waals surface area contributed by atoms with E-state index in [0.717, 1.165) is 15.7 Å². The van der Waals surface area contributed by atoms with E-state index in [0.29, 0.717) is 10.7 Å². The Morgan fingerprint density at radius 3 is 2.45 bits per heavy atom. The van der Waals surface area contributed by atoms with Crippen LogP contribution in [0.2, 0.25) is 5.02 Å². The summed E-state index contributed by atoms with van der Waals surface area (Å²) in [5.74, 6) is -1.54. The van der Waals surface area contributed by atoms with Gasteiger partial charge >= 0.3 is 0 Å². The molecular weight excluding hydrogens is 399 g/mol. The third-order valence-corrected chi connectivity index (χ3v) is 3.73. The molecule has 1 unspecified atom stereocenters. The fourth-order valence-electron chi connectivity index (χ4n) is 1.77. The first-order valence-corrected chi connectivity index (χ1v) is 7.25. The molecule has 2 aromatic carbocycles. The van der Waals surface area contributed by atoms with Crippen molar-refractivity contribution in [2.75, 3.05) is 11.9 Å². The lowest BCUT2D eigenvalue weighted by Crippen LogP contribution is -2.15. The fourth-order valence-corrected chi connectivity index (χ4v) is 2.69. The van der Waals surface area contributed by atoms with Crippen molar-refractivity contribution in [3.63, 3.8) is 0 Å². The lowest BCUT2D eigenvalue weighted by Gasteiger charge is -2.15.